The second-order valence-electron chi connectivity index (χ2n) is 5.62. The Balaban J connectivity index is 1.82. The molecule has 2 heterocycles. The molecule has 1 N–H and O–H groups in total. The highest BCUT2D eigenvalue weighted by Crippen LogP contribution is 2.31. The van der Waals surface area contributed by atoms with Crippen molar-refractivity contribution in [2.45, 2.75) is 19.4 Å². The molecule has 23 heavy (non-hydrogen) atoms. The van der Waals surface area contributed by atoms with Crippen LogP contribution in [0.15, 0.2) is 40.8 Å². The van der Waals surface area contributed by atoms with Crippen LogP contribution in [0.3, 0.4) is 0 Å². The quantitative estimate of drug-likeness (QED) is 0.932. The predicted molar refractivity (Wildman–Crippen MR) is 85.4 cm³/mol. The highest BCUT2D eigenvalue weighted by Gasteiger charge is 2.39. The molecule has 120 valence electrons. The summed E-state index contributed by atoms with van der Waals surface area (Å²) in [7, 11) is 0. The summed E-state index contributed by atoms with van der Waals surface area (Å²) in [6.45, 7) is 2.17. The zero-order valence-corrected chi connectivity index (χ0v) is 13.3. The van der Waals surface area contributed by atoms with Crippen LogP contribution in [-0.4, -0.2) is 34.5 Å². The number of carbonyl (C=O) groups excluding carboxylic acids is 1. The van der Waals surface area contributed by atoms with Gasteiger partial charge in [-0.2, -0.15) is 0 Å². The number of nitrogens with zero attached hydrogens (tertiary/aromatic N) is 1. The molecule has 5 nitrogen and oxygen atoms in total. The lowest BCUT2D eigenvalue weighted by atomic mass is 10.0. The number of carbonyl (C=O) groups is 2. The molecule has 1 aliphatic heterocycles. The van der Waals surface area contributed by atoms with Crippen LogP contribution >= 0.6 is 11.6 Å². The zero-order valence-electron chi connectivity index (χ0n) is 12.5. The van der Waals surface area contributed by atoms with E-state index in [1.165, 1.54) is 0 Å². The number of carboxylic acid groups (broad SMARTS) is 1. The first-order chi connectivity index (χ1) is 11.0. The molecule has 2 atom stereocenters. The summed E-state index contributed by atoms with van der Waals surface area (Å²) in [5.41, 5.74) is 0.714. The Labute approximate surface area is 138 Å². The van der Waals surface area contributed by atoms with E-state index in [1.54, 1.807) is 30.0 Å². The highest BCUT2D eigenvalue weighted by molar-refractivity contribution is 6.33. The molecule has 1 aromatic heterocycles. The molecule has 0 spiro atoms. The van der Waals surface area contributed by atoms with E-state index in [4.69, 9.17) is 21.1 Å². The molecule has 2 aromatic rings. The Morgan fingerprint density at radius 2 is 2.00 bits per heavy atom. The summed E-state index contributed by atoms with van der Waals surface area (Å²) in [5.74, 6) is -0.987. The Kier molecular flexibility index (Phi) is 4.13. The number of benzene rings is 1. The molecular weight excluding hydrogens is 318 g/mol. The van der Waals surface area contributed by atoms with Crippen molar-refractivity contribution < 1.29 is 19.1 Å². The smallest absolute Gasteiger partial charge is 0.308 e. The van der Waals surface area contributed by atoms with E-state index in [9.17, 15) is 9.59 Å². The van der Waals surface area contributed by atoms with Crippen molar-refractivity contribution in [2.24, 2.45) is 5.92 Å². The van der Waals surface area contributed by atoms with Crippen LogP contribution in [0.25, 0.3) is 11.3 Å². The second kappa shape index (κ2) is 6.08. The molecule has 2 unspecified atom stereocenters. The number of likely N-dealkylation sites (tertiary alicyclic amines) is 1. The maximum atomic E-state index is 12.6. The van der Waals surface area contributed by atoms with Crippen molar-refractivity contribution in [3.8, 4) is 11.3 Å². The lowest BCUT2D eigenvalue weighted by Gasteiger charge is -2.22. The molecule has 1 aromatic carbocycles. The minimum absolute atomic E-state index is 0.192. The van der Waals surface area contributed by atoms with Gasteiger partial charge in [0.25, 0.3) is 5.91 Å². The number of aliphatic carboxylic acids is 1. The standard InChI is InChI=1S/C17H16ClNO4/c1-10-11(17(21)22)8-9-19(10)16(20)15-7-6-14(23-15)12-4-2-3-5-13(12)18/h2-7,10-11H,8-9H2,1H3,(H,21,22). The van der Waals surface area contributed by atoms with Gasteiger partial charge in [-0.05, 0) is 37.6 Å². The summed E-state index contributed by atoms with van der Waals surface area (Å²) in [4.78, 5) is 25.3. The molecule has 0 radical (unpaired) electrons. The third-order valence-corrected chi connectivity index (χ3v) is 4.62. The Morgan fingerprint density at radius 1 is 1.26 bits per heavy atom. The maximum absolute atomic E-state index is 12.6. The van der Waals surface area contributed by atoms with Gasteiger partial charge in [-0.15, -0.1) is 0 Å². The number of hydrogen-bond acceptors (Lipinski definition) is 3. The fourth-order valence-electron chi connectivity index (χ4n) is 2.96. The third kappa shape index (κ3) is 2.84. The topological polar surface area (TPSA) is 70.8 Å². The molecule has 1 saturated heterocycles. The molecule has 0 bridgehead atoms. The van der Waals surface area contributed by atoms with E-state index in [2.05, 4.69) is 0 Å². The van der Waals surface area contributed by atoms with Crippen molar-refractivity contribution in [2.75, 3.05) is 6.54 Å². The first-order valence-electron chi connectivity index (χ1n) is 7.37. The average Bonchev–Trinajstić information content (AvgIpc) is 3.14. The monoisotopic (exact) mass is 333 g/mol. The van der Waals surface area contributed by atoms with Crippen molar-refractivity contribution in [3.05, 3.63) is 47.2 Å². The van der Waals surface area contributed by atoms with Crippen LogP contribution in [0.5, 0.6) is 0 Å². The summed E-state index contributed by atoms with van der Waals surface area (Å²) in [5, 5.41) is 9.70. The summed E-state index contributed by atoms with van der Waals surface area (Å²) < 4.78 is 5.65. The Morgan fingerprint density at radius 3 is 2.65 bits per heavy atom. The molecule has 0 aliphatic carbocycles. The number of furan rings is 1. The van der Waals surface area contributed by atoms with Crippen LogP contribution in [-0.2, 0) is 4.79 Å². The Bertz CT molecular complexity index is 755. The number of carboxylic acids is 1. The Hall–Kier alpha value is -2.27. The molecular formula is C17H16ClNO4. The minimum atomic E-state index is -0.871. The number of hydrogen-bond donors (Lipinski definition) is 1. The van der Waals surface area contributed by atoms with Gasteiger partial charge < -0.3 is 14.4 Å². The predicted octanol–water partition coefficient (Wildman–Crippen LogP) is 3.54. The van der Waals surface area contributed by atoms with Crippen LogP contribution < -0.4 is 0 Å². The third-order valence-electron chi connectivity index (χ3n) is 4.29. The van der Waals surface area contributed by atoms with Crippen molar-refractivity contribution in [3.63, 3.8) is 0 Å². The van der Waals surface area contributed by atoms with Gasteiger partial charge in [0.2, 0.25) is 0 Å². The van der Waals surface area contributed by atoms with Gasteiger partial charge in [0.15, 0.2) is 5.76 Å². The van der Waals surface area contributed by atoms with Gasteiger partial charge >= 0.3 is 5.97 Å². The summed E-state index contributed by atoms with van der Waals surface area (Å²) in [6, 6.07) is 10.2. The normalized spacial score (nSPS) is 20.7. The first kappa shape index (κ1) is 15.6. The van der Waals surface area contributed by atoms with Gasteiger partial charge in [-0.1, -0.05) is 23.7 Å². The second-order valence-corrected chi connectivity index (χ2v) is 6.02. The van der Waals surface area contributed by atoms with Crippen molar-refractivity contribution in [1.29, 1.82) is 0 Å². The molecule has 1 aliphatic rings. The summed E-state index contributed by atoms with van der Waals surface area (Å²) >= 11 is 6.13. The number of halogens is 1. The SMILES string of the molecule is CC1C(C(=O)O)CCN1C(=O)c1ccc(-c2ccccc2Cl)o1. The average molecular weight is 334 g/mol. The van der Waals surface area contributed by atoms with Crippen LogP contribution in [0.4, 0.5) is 0 Å². The van der Waals surface area contributed by atoms with E-state index in [1.807, 2.05) is 18.2 Å². The molecule has 0 saturated carbocycles. The van der Waals surface area contributed by atoms with Crippen molar-refractivity contribution >= 4 is 23.5 Å². The largest absolute Gasteiger partial charge is 0.481 e. The lowest BCUT2D eigenvalue weighted by Crippen LogP contribution is -2.37. The minimum Gasteiger partial charge on any atom is -0.481 e. The number of amides is 1. The highest BCUT2D eigenvalue weighted by atomic mass is 35.5. The fraction of sp³-hybridized carbons (Fsp3) is 0.294. The van der Waals surface area contributed by atoms with Gasteiger partial charge in [0.05, 0.1) is 10.9 Å². The van der Waals surface area contributed by atoms with E-state index in [-0.39, 0.29) is 17.7 Å². The van der Waals surface area contributed by atoms with Gasteiger partial charge in [0.1, 0.15) is 5.76 Å². The van der Waals surface area contributed by atoms with Gasteiger partial charge in [-0.25, -0.2) is 0 Å². The van der Waals surface area contributed by atoms with Crippen molar-refractivity contribution in [1.82, 2.24) is 4.90 Å². The fourth-order valence-corrected chi connectivity index (χ4v) is 3.19. The van der Waals surface area contributed by atoms with Crippen LogP contribution in [0, 0.1) is 5.92 Å². The van der Waals surface area contributed by atoms with E-state index in [0.717, 1.165) is 0 Å². The molecule has 6 heteroatoms. The van der Waals surface area contributed by atoms with Crippen LogP contribution in [0.1, 0.15) is 23.9 Å². The van der Waals surface area contributed by atoms with Crippen LogP contribution in [0.2, 0.25) is 5.02 Å². The summed E-state index contributed by atoms with van der Waals surface area (Å²) in [6.07, 6.45) is 0.459. The van der Waals surface area contributed by atoms with Gasteiger partial charge in [0, 0.05) is 18.2 Å². The van der Waals surface area contributed by atoms with E-state index in [0.29, 0.717) is 29.3 Å². The molecule has 1 amide bonds. The van der Waals surface area contributed by atoms with E-state index < -0.39 is 11.9 Å². The zero-order chi connectivity index (χ0) is 16.6. The molecule has 3 rings (SSSR count). The van der Waals surface area contributed by atoms with E-state index >= 15 is 0 Å². The maximum Gasteiger partial charge on any atom is 0.308 e. The number of rotatable bonds is 3. The first-order valence-corrected chi connectivity index (χ1v) is 7.75. The lowest BCUT2D eigenvalue weighted by molar-refractivity contribution is -0.142. The van der Waals surface area contributed by atoms with Gasteiger partial charge in [-0.3, -0.25) is 9.59 Å². The molecule has 1 fully saturated rings.